The van der Waals surface area contributed by atoms with E-state index in [4.69, 9.17) is 10.5 Å². The zero-order valence-corrected chi connectivity index (χ0v) is 11.0. The molecule has 2 heterocycles. The molecule has 0 spiro atoms. The number of nitrogens with zero attached hydrogens (tertiary/aromatic N) is 4. The maximum atomic E-state index is 5.85. The molecule has 1 aliphatic rings. The highest BCUT2D eigenvalue weighted by atomic mass is 16.5. The fraction of sp³-hybridized carbons (Fsp3) is 0.583. The smallest absolute Gasteiger partial charge is 0.209 e. The van der Waals surface area contributed by atoms with Gasteiger partial charge in [0, 0.05) is 25.1 Å². The minimum absolute atomic E-state index is 0.241. The third kappa shape index (κ3) is 2.21. The van der Waals surface area contributed by atoms with Crippen LogP contribution in [0.25, 0.3) is 5.65 Å². The minimum atomic E-state index is 0.241. The van der Waals surface area contributed by atoms with Crippen molar-refractivity contribution in [1.82, 2.24) is 19.6 Å². The van der Waals surface area contributed by atoms with Crippen LogP contribution in [0.1, 0.15) is 19.3 Å². The Morgan fingerprint density at radius 1 is 1.53 bits per heavy atom. The Hall–Kier alpha value is -1.89. The number of fused-ring (bicyclic) bond motifs is 1. The van der Waals surface area contributed by atoms with E-state index in [1.807, 2.05) is 6.07 Å². The van der Waals surface area contributed by atoms with Crippen molar-refractivity contribution in [2.75, 3.05) is 31.3 Å². The summed E-state index contributed by atoms with van der Waals surface area (Å²) in [5.41, 5.74) is 6.79. The number of rotatable bonds is 5. The van der Waals surface area contributed by atoms with Gasteiger partial charge < -0.3 is 15.8 Å². The van der Waals surface area contributed by atoms with Crippen LogP contribution in [0.2, 0.25) is 0 Å². The first-order chi connectivity index (χ1) is 9.22. The molecular weight excluding hydrogens is 244 g/mol. The summed E-state index contributed by atoms with van der Waals surface area (Å²) in [6.45, 7) is 1.63. The van der Waals surface area contributed by atoms with E-state index in [0.717, 1.165) is 19.0 Å². The van der Waals surface area contributed by atoms with Gasteiger partial charge in [0.2, 0.25) is 5.95 Å². The predicted molar refractivity (Wildman–Crippen MR) is 71.8 cm³/mol. The van der Waals surface area contributed by atoms with E-state index in [2.05, 4.69) is 20.5 Å². The molecule has 0 aliphatic heterocycles. The molecule has 0 amide bonds. The number of nitrogens with one attached hydrogen (secondary N) is 1. The average Bonchev–Trinajstić information content (AvgIpc) is 2.81. The monoisotopic (exact) mass is 262 g/mol. The molecule has 19 heavy (non-hydrogen) atoms. The fourth-order valence-electron chi connectivity index (χ4n) is 2.57. The number of anilines is 2. The second kappa shape index (κ2) is 4.65. The lowest BCUT2D eigenvalue weighted by molar-refractivity contribution is 0.0282. The van der Waals surface area contributed by atoms with E-state index in [9.17, 15) is 0 Å². The third-order valence-electron chi connectivity index (χ3n) is 3.83. The molecule has 1 fully saturated rings. The van der Waals surface area contributed by atoms with E-state index >= 15 is 0 Å². The molecule has 3 rings (SSSR count). The van der Waals surface area contributed by atoms with Gasteiger partial charge in [-0.05, 0) is 12.8 Å². The summed E-state index contributed by atoms with van der Waals surface area (Å²) in [7, 11) is 1.75. The average molecular weight is 262 g/mol. The van der Waals surface area contributed by atoms with Gasteiger partial charge in [0.15, 0.2) is 5.65 Å². The number of methoxy groups -OCH3 is 1. The number of nitrogen functional groups attached to an aromatic ring is 1. The topological polar surface area (TPSA) is 90.4 Å². The minimum Gasteiger partial charge on any atom is -0.384 e. The molecule has 0 bridgehead atoms. The molecule has 1 aliphatic carbocycles. The lowest BCUT2D eigenvalue weighted by atomic mass is 9.69. The Morgan fingerprint density at radius 3 is 3.05 bits per heavy atom. The van der Waals surface area contributed by atoms with Crippen LogP contribution in [0, 0.1) is 5.41 Å². The van der Waals surface area contributed by atoms with E-state index in [-0.39, 0.29) is 5.41 Å². The van der Waals surface area contributed by atoms with Crippen molar-refractivity contribution < 1.29 is 4.74 Å². The summed E-state index contributed by atoms with van der Waals surface area (Å²) in [6.07, 6.45) is 5.20. The summed E-state index contributed by atoms with van der Waals surface area (Å²) < 4.78 is 6.96. The van der Waals surface area contributed by atoms with Crippen LogP contribution in [-0.4, -0.2) is 39.8 Å². The van der Waals surface area contributed by atoms with E-state index in [1.165, 1.54) is 19.3 Å². The van der Waals surface area contributed by atoms with Crippen molar-refractivity contribution in [2.24, 2.45) is 5.41 Å². The molecule has 0 atom stereocenters. The standard InChI is InChI=1S/C12H18N6O/c1-19-7-12(3-2-4-12)6-14-9-5-10-17-15-8-18(10)11(13)16-9/h5,8,14H,2-4,6-7H2,1H3,(H2,13,16). The Labute approximate surface area is 111 Å². The highest BCUT2D eigenvalue weighted by Gasteiger charge is 2.36. The lowest BCUT2D eigenvalue weighted by Gasteiger charge is -2.41. The Kier molecular flexibility index (Phi) is 2.98. The molecule has 0 saturated heterocycles. The van der Waals surface area contributed by atoms with Gasteiger partial charge in [0.25, 0.3) is 0 Å². The number of nitrogens with two attached hydrogens (primary N) is 1. The highest BCUT2D eigenvalue weighted by Crippen LogP contribution is 2.41. The Balaban J connectivity index is 1.74. The first-order valence-corrected chi connectivity index (χ1v) is 6.42. The molecule has 1 saturated carbocycles. The highest BCUT2D eigenvalue weighted by molar-refractivity contribution is 5.53. The van der Waals surface area contributed by atoms with E-state index < -0.39 is 0 Å². The van der Waals surface area contributed by atoms with Gasteiger partial charge in [-0.15, -0.1) is 10.2 Å². The molecule has 3 N–H and O–H groups in total. The molecule has 102 valence electrons. The Morgan fingerprint density at radius 2 is 2.37 bits per heavy atom. The van der Waals surface area contributed by atoms with Crippen LogP contribution in [0.3, 0.4) is 0 Å². The summed E-state index contributed by atoms with van der Waals surface area (Å²) in [5, 5.41) is 11.1. The van der Waals surface area contributed by atoms with Crippen LogP contribution < -0.4 is 11.1 Å². The van der Waals surface area contributed by atoms with Crippen molar-refractivity contribution in [3.63, 3.8) is 0 Å². The molecule has 2 aromatic heterocycles. The van der Waals surface area contributed by atoms with Crippen molar-refractivity contribution in [3.05, 3.63) is 12.4 Å². The van der Waals surface area contributed by atoms with E-state index in [0.29, 0.717) is 11.6 Å². The van der Waals surface area contributed by atoms with Crippen LogP contribution >= 0.6 is 0 Å². The van der Waals surface area contributed by atoms with Gasteiger partial charge in [0.1, 0.15) is 12.1 Å². The van der Waals surface area contributed by atoms with E-state index in [1.54, 1.807) is 17.8 Å². The van der Waals surface area contributed by atoms with Gasteiger partial charge in [-0.2, -0.15) is 4.98 Å². The van der Waals surface area contributed by atoms with Gasteiger partial charge >= 0.3 is 0 Å². The van der Waals surface area contributed by atoms with Gasteiger partial charge in [-0.1, -0.05) is 6.42 Å². The SMILES string of the molecule is COCC1(CNc2cc3nncn3c(N)n2)CCC1. The van der Waals surface area contributed by atoms with Crippen molar-refractivity contribution in [3.8, 4) is 0 Å². The van der Waals surface area contributed by atoms with Crippen LogP contribution in [-0.2, 0) is 4.74 Å². The Bertz CT molecular complexity index is 577. The normalized spacial score (nSPS) is 17.3. The van der Waals surface area contributed by atoms with Crippen LogP contribution in [0.15, 0.2) is 12.4 Å². The number of hydrogen-bond donors (Lipinski definition) is 2. The van der Waals surface area contributed by atoms with Gasteiger partial charge in [-0.25, -0.2) is 0 Å². The molecule has 7 heteroatoms. The zero-order valence-electron chi connectivity index (χ0n) is 11.0. The first kappa shape index (κ1) is 12.2. The lowest BCUT2D eigenvalue weighted by Crippen LogP contribution is -2.40. The quantitative estimate of drug-likeness (QED) is 0.833. The maximum Gasteiger partial charge on any atom is 0.209 e. The zero-order chi connectivity index (χ0) is 13.3. The van der Waals surface area contributed by atoms with Gasteiger partial charge in [0.05, 0.1) is 6.61 Å². The molecular formula is C12H18N6O. The van der Waals surface area contributed by atoms with Gasteiger partial charge in [-0.3, -0.25) is 4.40 Å². The third-order valence-corrected chi connectivity index (χ3v) is 3.83. The molecule has 0 aromatic carbocycles. The molecule has 0 unspecified atom stereocenters. The first-order valence-electron chi connectivity index (χ1n) is 6.42. The predicted octanol–water partition coefficient (Wildman–Crippen LogP) is 0.935. The van der Waals surface area contributed by atoms with Crippen LogP contribution in [0.5, 0.6) is 0 Å². The van der Waals surface area contributed by atoms with Crippen molar-refractivity contribution >= 4 is 17.4 Å². The van der Waals surface area contributed by atoms with Crippen molar-refractivity contribution in [2.45, 2.75) is 19.3 Å². The second-order valence-electron chi connectivity index (χ2n) is 5.20. The molecule has 0 radical (unpaired) electrons. The number of hydrogen-bond acceptors (Lipinski definition) is 6. The fourth-order valence-corrected chi connectivity index (χ4v) is 2.57. The molecule has 2 aromatic rings. The summed E-state index contributed by atoms with van der Waals surface area (Å²) in [6, 6.07) is 1.85. The van der Waals surface area contributed by atoms with Crippen molar-refractivity contribution in [1.29, 1.82) is 0 Å². The maximum absolute atomic E-state index is 5.85. The second-order valence-corrected chi connectivity index (χ2v) is 5.20. The number of ether oxygens (including phenoxy) is 1. The summed E-state index contributed by atoms with van der Waals surface area (Å²) in [5.74, 6) is 1.12. The van der Waals surface area contributed by atoms with Crippen LogP contribution in [0.4, 0.5) is 11.8 Å². The number of aromatic nitrogens is 4. The summed E-state index contributed by atoms with van der Waals surface area (Å²) >= 11 is 0. The molecule has 7 nitrogen and oxygen atoms in total. The largest absolute Gasteiger partial charge is 0.384 e. The summed E-state index contributed by atoms with van der Waals surface area (Å²) in [4.78, 5) is 4.30.